The number of hydrogen-bond donors (Lipinski definition) is 2. The van der Waals surface area contributed by atoms with E-state index in [0.29, 0.717) is 33.3 Å². The normalized spacial score (nSPS) is 11.5. The van der Waals surface area contributed by atoms with Crippen LogP contribution in [0.15, 0.2) is 24.3 Å². The van der Waals surface area contributed by atoms with Crippen molar-refractivity contribution < 1.29 is 0 Å². The molecule has 23 heavy (non-hydrogen) atoms. The standard InChI is InChI=1S/C19H24Cl2N2/c1-10(2)14-6-12(8-16(20)18(14)22)5-13-7-15(11(3)4)19(23)17(21)9-13/h6-11H,5,22-23H2,1-4H3. The first-order chi connectivity index (χ1) is 10.7. The first kappa shape index (κ1) is 18.0. The Morgan fingerprint density at radius 2 is 1.09 bits per heavy atom. The molecular weight excluding hydrogens is 327 g/mol. The number of nitrogen functional groups attached to an aromatic ring is 2. The summed E-state index contributed by atoms with van der Waals surface area (Å²) >= 11 is 12.6. The smallest absolute Gasteiger partial charge is 0.0641 e. The summed E-state index contributed by atoms with van der Waals surface area (Å²) in [4.78, 5) is 0. The molecule has 0 amide bonds. The Morgan fingerprint density at radius 3 is 1.39 bits per heavy atom. The monoisotopic (exact) mass is 350 g/mol. The maximum atomic E-state index is 6.30. The fourth-order valence-corrected chi connectivity index (χ4v) is 3.29. The highest BCUT2D eigenvalue weighted by Gasteiger charge is 2.13. The Labute approximate surface area is 148 Å². The Hall–Kier alpha value is -1.38. The molecule has 0 aromatic heterocycles. The summed E-state index contributed by atoms with van der Waals surface area (Å²) in [5.41, 5.74) is 17.9. The molecule has 0 fully saturated rings. The summed E-state index contributed by atoms with van der Waals surface area (Å²) in [6.07, 6.45) is 0.749. The third-order valence-corrected chi connectivity index (χ3v) is 4.72. The SMILES string of the molecule is CC(C)c1cc(Cc2cc(Cl)c(N)c(C(C)C)c2)cc(Cl)c1N. The van der Waals surface area contributed by atoms with Crippen molar-refractivity contribution in [2.24, 2.45) is 0 Å². The van der Waals surface area contributed by atoms with Gasteiger partial charge in [0.25, 0.3) is 0 Å². The zero-order valence-corrected chi connectivity index (χ0v) is 15.6. The number of rotatable bonds is 4. The summed E-state index contributed by atoms with van der Waals surface area (Å²) < 4.78 is 0. The first-order valence-electron chi connectivity index (χ1n) is 7.86. The van der Waals surface area contributed by atoms with Crippen molar-refractivity contribution in [1.82, 2.24) is 0 Å². The molecule has 124 valence electrons. The van der Waals surface area contributed by atoms with E-state index in [0.717, 1.165) is 28.7 Å². The molecule has 2 rings (SSSR count). The highest BCUT2D eigenvalue weighted by atomic mass is 35.5. The van der Waals surface area contributed by atoms with Crippen molar-refractivity contribution in [3.63, 3.8) is 0 Å². The molecule has 0 radical (unpaired) electrons. The van der Waals surface area contributed by atoms with Crippen molar-refractivity contribution in [2.45, 2.75) is 46.0 Å². The van der Waals surface area contributed by atoms with Crippen molar-refractivity contribution in [2.75, 3.05) is 11.5 Å². The fourth-order valence-electron chi connectivity index (χ4n) is 2.79. The van der Waals surface area contributed by atoms with Gasteiger partial charge >= 0.3 is 0 Å². The van der Waals surface area contributed by atoms with Gasteiger partial charge in [0.1, 0.15) is 0 Å². The van der Waals surface area contributed by atoms with Gasteiger partial charge < -0.3 is 11.5 Å². The second kappa shape index (κ2) is 7.02. The zero-order valence-electron chi connectivity index (χ0n) is 14.1. The molecule has 0 heterocycles. The number of anilines is 2. The quantitative estimate of drug-likeness (QED) is 0.664. The van der Waals surface area contributed by atoms with E-state index in [1.54, 1.807) is 0 Å². The fraction of sp³-hybridized carbons (Fsp3) is 0.368. The van der Waals surface area contributed by atoms with E-state index in [1.807, 2.05) is 12.1 Å². The molecule has 0 spiro atoms. The predicted molar refractivity (Wildman–Crippen MR) is 103 cm³/mol. The third kappa shape index (κ3) is 3.94. The van der Waals surface area contributed by atoms with E-state index in [1.165, 1.54) is 0 Å². The van der Waals surface area contributed by atoms with Crippen molar-refractivity contribution in [1.29, 1.82) is 0 Å². The van der Waals surface area contributed by atoms with Gasteiger partial charge in [-0.15, -0.1) is 0 Å². The minimum atomic E-state index is 0.327. The van der Waals surface area contributed by atoms with Crippen LogP contribution in [-0.2, 0) is 6.42 Å². The lowest BCUT2D eigenvalue weighted by Crippen LogP contribution is -2.02. The first-order valence-corrected chi connectivity index (χ1v) is 8.61. The Balaban J connectivity index is 2.44. The number of nitrogens with two attached hydrogens (primary N) is 2. The Bertz CT molecular complexity index is 660. The van der Waals surface area contributed by atoms with Crippen molar-refractivity contribution in [3.8, 4) is 0 Å². The zero-order chi connectivity index (χ0) is 17.3. The third-order valence-electron chi connectivity index (χ3n) is 4.09. The van der Waals surface area contributed by atoms with E-state index < -0.39 is 0 Å². The molecule has 0 unspecified atom stereocenters. The second-order valence-electron chi connectivity index (χ2n) is 6.65. The van der Waals surface area contributed by atoms with E-state index in [4.69, 9.17) is 34.7 Å². The Morgan fingerprint density at radius 1 is 0.739 bits per heavy atom. The molecule has 0 bridgehead atoms. The minimum absolute atomic E-state index is 0.327. The van der Waals surface area contributed by atoms with Crippen LogP contribution < -0.4 is 11.5 Å². The molecule has 2 aromatic carbocycles. The van der Waals surface area contributed by atoms with Gasteiger partial charge in [-0.05, 0) is 52.6 Å². The van der Waals surface area contributed by atoms with Crippen LogP contribution in [0.25, 0.3) is 0 Å². The van der Waals surface area contributed by atoms with Crippen LogP contribution in [-0.4, -0.2) is 0 Å². The molecule has 0 saturated carbocycles. The lowest BCUT2D eigenvalue weighted by molar-refractivity contribution is 0.863. The van der Waals surface area contributed by atoms with Crippen LogP contribution in [0.3, 0.4) is 0 Å². The maximum Gasteiger partial charge on any atom is 0.0641 e. The van der Waals surface area contributed by atoms with Crippen LogP contribution in [0.5, 0.6) is 0 Å². The van der Waals surface area contributed by atoms with Crippen molar-refractivity contribution >= 4 is 34.6 Å². The number of hydrogen-bond acceptors (Lipinski definition) is 2. The van der Waals surface area contributed by atoms with E-state index in [9.17, 15) is 0 Å². The lowest BCUT2D eigenvalue weighted by Gasteiger charge is -2.16. The number of benzene rings is 2. The molecule has 0 atom stereocenters. The van der Waals surface area contributed by atoms with Gasteiger partial charge in [0.15, 0.2) is 0 Å². The van der Waals surface area contributed by atoms with Gasteiger partial charge in [-0.25, -0.2) is 0 Å². The molecule has 2 nitrogen and oxygen atoms in total. The molecule has 2 aromatic rings. The van der Waals surface area contributed by atoms with E-state index in [2.05, 4.69) is 39.8 Å². The summed E-state index contributed by atoms with van der Waals surface area (Å²) in [6.45, 7) is 8.46. The molecule has 0 aliphatic rings. The van der Waals surface area contributed by atoms with Gasteiger partial charge in [-0.2, -0.15) is 0 Å². The van der Waals surface area contributed by atoms with Gasteiger partial charge in [-0.3, -0.25) is 0 Å². The average molecular weight is 351 g/mol. The highest BCUT2D eigenvalue weighted by molar-refractivity contribution is 6.33. The lowest BCUT2D eigenvalue weighted by atomic mass is 9.93. The Kier molecular flexibility index (Phi) is 5.49. The summed E-state index contributed by atoms with van der Waals surface area (Å²) in [6, 6.07) is 8.13. The number of halogens is 2. The minimum Gasteiger partial charge on any atom is -0.397 e. The van der Waals surface area contributed by atoms with E-state index >= 15 is 0 Å². The summed E-state index contributed by atoms with van der Waals surface area (Å²) in [5.74, 6) is 0.655. The predicted octanol–water partition coefficient (Wildman–Crippen LogP) is 6.00. The average Bonchev–Trinajstić information content (AvgIpc) is 2.45. The summed E-state index contributed by atoms with van der Waals surface area (Å²) in [5, 5.41) is 1.22. The van der Waals surface area contributed by atoms with Gasteiger partial charge in [0.05, 0.1) is 21.4 Å². The molecule has 0 aliphatic carbocycles. The topological polar surface area (TPSA) is 52.0 Å². The molecule has 4 N–H and O–H groups in total. The van der Waals surface area contributed by atoms with Crippen molar-refractivity contribution in [3.05, 3.63) is 56.6 Å². The van der Waals surface area contributed by atoms with Crippen LogP contribution in [0.2, 0.25) is 10.0 Å². The summed E-state index contributed by atoms with van der Waals surface area (Å²) in [7, 11) is 0. The van der Waals surface area contributed by atoms with Crippen LogP contribution in [0.4, 0.5) is 11.4 Å². The van der Waals surface area contributed by atoms with Crippen LogP contribution >= 0.6 is 23.2 Å². The molecule has 4 heteroatoms. The molecule has 0 saturated heterocycles. The van der Waals surface area contributed by atoms with Crippen LogP contribution in [0.1, 0.15) is 61.8 Å². The van der Waals surface area contributed by atoms with E-state index in [-0.39, 0.29) is 0 Å². The second-order valence-corrected chi connectivity index (χ2v) is 7.46. The molecule has 0 aliphatic heterocycles. The highest BCUT2D eigenvalue weighted by Crippen LogP contribution is 2.34. The van der Waals surface area contributed by atoms with Gasteiger partial charge in [0.2, 0.25) is 0 Å². The van der Waals surface area contributed by atoms with Crippen LogP contribution in [0, 0.1) is 0 Å². The maximum absolute atomic E-state index is 6.30. The van der Waals surface area contributed by atoms with Gasteiger partial charge in [-0.1, -0.05) is 63.0 Å². The van der Waals surface area contributed by atoms with Gasteiger partial charge in [0, 0.05) is 0 Å². The largest absolute Gasteiger partial charge is 0.397 e. The molecular formula is C19H24Cl2N2.